The summed E-state index contributed by atoms with van der Waals surface area (Å²) in [5.41, 5.74) is 1.08. The molecule has 2 aromatic rings. The van der Waals surface area contributed by atoms with Crippen LogP contribution < -0.4 is 10.2 Å². The molecule has 0 bridgehead atoms. The molecule has 2 heterocycles. The van der Waals surface area contributed by atoms with E-state index in [-0.39, 0.29) is 17.5 Å². The van der Waals surface area contributed by atoms with E-state index < -0.39 is 9.84 Å². The van der Waals surface area contributed by atoms with Crippen molar-refractivity contribution in [2.45, 2.75) is 25.9 Å². The second kappa shape index (κ2) is 7.58. The van der Waals surface area contributed by atoms with Gasteiger partial charge >= 0.3 is 0 Å². The van der Waals surface area contributed by atoms with Gasteiger partial charge in [-0.3, -0.25) is 0 Å². The highest BCUT2D eigenvalue weighted by Crippen LogP contribution is 2.23. The fraction of sp³-hybridized carbons (Fsp3) is 0.412. The molecule has 6 nitrogen and oxygen atoms in total. The minimum Gasteiger partial charge on any atom is -0.353 e. The van der Waals surface area contributed by atoms with Gasteiger partial charge in [0.1, 0.15) is 5.82 Å². The van der Waals surface area contributed by atoms with Crippen LogP contribution in [0, 0.1) is 0 Å². The molecule has 0 saturated carbocycles. The minimum atomic E-state index is -2.93. The molecule has 1 saturated heterocycles. The van der Waals surface area contributed by atoms with Crippen molar-refractivity contribution >= 4 is 33.2 Å². The minimum absolute atomic E-state index is 0.0194. The normalized spacial score (nSPS) is 18.9. The molecular formula is C17H21ClN4O2S. The first kappa shape index (κ1) is 17.9. The quantitative estimate of drug-likeness (QED) is 0.830. The molecule has 0 radical (unpaired) electrons. The molecule has 1 aliphatic rings. The van der Waals surface area contributed by atoms with Crippen molar-refractivity contribution in [2.75, 3.05) is 28.3 Å². The molecule has 0 spiro atoms. The van der Waals surface area contributed by atoms with Gasteiger partial charge in [0.15, 0.2) is 9.84 Å². The van der Waals surface area contributed by atoms with Crippen LogP contribution in [0.5, 0.6) is 0 Å². The molecule has 3 rings (SSSR count). The number of halogens is 1. The van der Waals surface area contributed by atoms with Gasteiger partial charge in [0, 0.05) is 30.4 Å². The second-order valence-corrected chi connectivity index (χ2v) is 8.73. The number of sulfone groups is 1. The maximum Gasteiger partial charge on any atom is 0.224 e. The monoisotopic (exact) mass is 380 g/mol. The van der Waals surface area contributed by atoms with Crippen molar-refractivity contribution in [1.82, 2.24) is 9.97 Å². The molecule has 1 aliphatic heterocycles. The summed E-state index contributed by atoms with van der Waals surface area (Å²) in [4.78, 5) is 10.8. The van der Waals surface area contributed by atoms with E-state index in [9.17, 15) is 8.42 Å². The van der Waals surface area contributed by atoms with E-state index in [1.807, 2.05) is 42.2 Å². The van der Waals surface area contributed by atoms with Gasteiger partial charge in [-0.25, -0.2) is 13.4 Å². The molecule has 8 heteroatoms. The third-order valence-electron chi connectivity index (χ3n) is 4.29. The topological polar surface area (TPSA) is 75.2 Å². The lowest BCUT2D eigenvalue weighted by molar-refractivity contribution is 0.599. The predicted octanol–water partition coefficient (Wildman–Crippen LogP) is 2.76. The number of benzene rings is 1. The van der Waals surface area contributed by atoms with Crippen LogP contribution in [0.15, 0.2) is 36.5 Å². The Labute approximate surface area is 153 Å². The van der Waals surface area contributed by atoms with Gasteiger partial charge in [-0.2, -0.15) is 4.98 Å². The van der Waals surface area contributed by atoms with Gasteiger partial charge in [-0.1, -0.05) is 23.7 Å². The first-order valence-corrected chi connectivity index (χ1v) is 10.5. The van der Waals surface area contributed by atoms with Gasteiger partial charge in [0.05, 0.1) is 11.5 Å². The Kier molecular flexibility index (Phi) is 5.44. The smallest absolute Gasteiger partial charge is 0.224 e. The Morgan fingerprint density at radius 3 is 2.68 bits per heavy atom. The number of nitrogens with zero attached hydrogens (tertiary/aromatic N) is 3. The largest absolute Gasteiger partial charge is 0.353 e. The summed E-state index contributed by atoms with van der Waals surface area (Å²) < 4.78 is 23.5. The van der Waals surface area contributed by atoms with Crippen LogP contribution in [0.2, 0.25) is 5.02 Å². The van der Waals surface area contributed by atoms with Crippen LogP contribution in [-0.2, 0) is 16.4 Å². The highest BCUT2D eigenvalue weighted by Gasteiger charge is 2.32. The van der Waals surface area contributed by atoms with Crippen LogP contribution in [0.3, 0.4) is 0 Å². The molecule has 1 N–H and O–H groups in total. The van der Waals surface area contributed by atoms with Gasteiger partial charge in [0.2, 0.25) is 5.95 Å². The molecule has 1 atom stereocenters. The molecule has 0 aliphatic carbocycles. The summed E-state index contributed by atoms with van der Waals surface area (Å²) in [6.45, 7) is 3.30. The summed E-state index contributed by atoms with van der Waals surface area (Å²) in [6.07, 6.45) is 2.34. The SMILES string of the molecule is CCN(c1ccnc(NCc2ccc(Cl)cc2)n1)C1CCS(=O)(=O)C1. The third-order valence-corrected chi connectivity index (χ3v) is 6.29. The van der Waals surface area contributed by atoms with Crippen LogP contribution in [0.4, 0.5) is 11.8 Å². The van der Waals surface area contributed by atoms with Crippen LogP contribution >= 0.6 is 11.6 Å². The lowest BCUT2D eigenvalue weighted by Gasteiger charge is -2.28. The van der Waals surface area contributed by atoms with Crippen LogP contribution in [0.25, 0.3) is 0 Å². The Hall–Kier alpha value is -1.86. The Morgan fingerprint density at radius 2 is 2.04 bits per heavy atom. The Bertz CT molecular complexity index is 827. The average molecular weight is 381 g/mol. The summed E-state index contributed by atoms with van der Waals surface area (Å²) in [6, 6.07) is 9.38. The number of hydrogen-bond acceptors (Lipinski definition) is 6. The van der Waals surface area contributed by atoms with E-state index in [4.69, 9.17) is 11.6 Å². The summed E-state index contributed by atoms with van der Waals surface area (Å²) >= 11 is 5.89. The lowest BCUT2D eigenvalue weighted by atomic mass is 10.2. The summed E-state index contributed by atoms with van der Waals surface area (Å²) in [5, 5.41) is 3.90. The molecule has 25 heavy (non-hydrogen) atoms. The van der Waals surface area contributed by atoms with Crippen molar-refractivity contribution in [2.24, 2.45) is 0 Å². The van der Waals surface area contributed by atoms with E-state index in [0.29, 0.717) is 30.5 Å². The zero-order valence-electron chi connectivity index (χ0n) is 14.0. The predicted molar refractivity (Wildman–Crippen MR) is 101 cm³/mol. The van der Waals surface area contributed by atoms with E-state index in [0.717, 1.165) is 11.4 Å². The average Bonchev–Trinajstić information content (AvgIpc) is 2.95. The maximum absolute atomic E-state index is 11.8. The van der Waals surface area contributed by atoms with Gasteiger partial charge < -0.3 is 10.2 Å². The molecule has 134 valence electrons. The molecule has 1 unspecified atom stereocenters. The molecule has 1 aromatic heterocycles. The van der Waals surface area contributed by atoms with Crippen molar-refractivity contribution < 1.29 is 8.42 Å². The van der Waals surface area contributed by atoms with Gasteiger partial charge in [-0.15, -0.1) is 0 Å². The maximum atomic E-state index is 11.8. The molecule has 1 aromatic carbocycles. The van der Waals surface area contributed by atoms with Crippen molar-refractivity contribution in [1.29, 1.82) is 0 Å². The van der Waals surface area contributed by atoms with E-state index in [1.165, 1.54) is 0 Å². The summed E-state index contributed by atoms with van der Waals surface area (Å²) in [5.74, 6) is 1.71. The van der Waals surface area contributed by atoms with Crippen molar-refractivity contribution in [3.8, 4) is 0 Å². The zero-order chi connectivity index (χ0) is 17.9. The highest BCUT2D eigenvalue weighted by atomic mass is 35.5. The van der Waals surface area contributed by atoms with Crippen molar-refractivity contribution in [3.63, 3.8) is 0 Å². The highest BCUT2D eigenvalue weighted by molar-refractivity contribution is 7.91. The Morgan fingerprint density at radius 1 is 1.28 bits per heavy atom. The van der Waals surface area contributed by atoms with Gasteiger partial charge in [-0.05, 0) is 37.1 Å². The standard InChI is InChI=1S/C17H21ClN4O2S/c1-2-22(15-8-10-25(23,24)12-15)16-7-9-19-17(21-16)20-11-13-3-5-14(18)6-4-13/h3-7,9,15H,2,8,10-12H2,1H3,(H,19,20,21). The first-order chi connectivity index (χ1) is 12.0. The number of anilines is 2. The van der Waals surface area contributed by atoms with Crippen LogP contribution in [0.1, 0.15) is 18.9 Å². The van der Waals surface area contributed by atoms with E-state index in [2.05, 4.69) is 15.3 Å². The first-order valence-electron chi connectivity index (χ1n) is 8.25. The summed E-state index contributed by atoms with van der Waals surface area (Å²) in [7, 11) is -2.93. The zero-order valence-corrected chi connectivity index (χ0v) is 15.6. The van der Waals surface area contributed by atoms with E-state index in [1.54, 1.807) is 6.20 Å². The fourth-order valence-corrected chi connectivity index (χ4v) is 4.86. The number of hydrogen-bond donors (Lipinski definition) is 1. The fourth-order valence-electron chi connectivity index (χ4n) is 3.01. The Balaban J connectivity index is 1.70. The number of aromatic nitrogens is 2. The lowest BCUT2D eigenvalue weighted by Crippen LogP contribution is -2.36. The van der Waals surface area contributed by atoms with Crippen LogP contribution in [-0.4, -0.2) is 42.5 Å². The number of nitrogens with one attached hydrogen (secondary N) is 1. The third kappa shape index (κ3) is 4.61. The molecular weight excluding hydrogens is 360 g/mol. The number of rotatable bonds is 6. The molecule has 0 amide bonds. The second-order valence-electron chi connectivity index (χ2n) is 6.06. The van der Waals surface area contributed by atoms with Gasteiger partial charge in [0.25, 0.3) is 0 Å². The van der Waals surface area contributed by atoms with Crippen molar-refractivity contribution in [3.05, 3.63) is 47.1 Å². The van der Waals surface area contributed by atoms with E-state index >= 15 is 0 Å². The molecule has 1 fully saturated rings.